The van der Waals surface area contributed by atoms with E-state index in [1.54, 1.807) is 42.7 Å². The highest BCUT2D eigenvalue weighted by molar-refractivity contribution is 7.89. The number of hydrogen-bond donors (Lipinski definition) is 2. The van der Waals surface area contributed by atoms with Crippen molar-refractivity contribution in [2.24, 2.45) is 5.14 Å². The summed E-state index contributed by atoms with van der Waals surface area (Å²) in [6, 6.07) is 9.49. The molecule has 170 valence electrons. The van der Waals surface area contributed by atoms with Gasteiger partial charge in [-0.05, 0) is 51.0 Å². The SMILES string of the molecule is Cc1cc(-n2c(C)cc(C(=O)OCC(=O)NCCc3ccc(S(N)(=O)=O)cc3)c2C)no1. The van der Waals surface area contributed by atoms with Gasteiger partial charge in [-0.15, -0.1) is 0 Å². The maximum Gasteiger partial charge on any atom is 0.340 e. The molecule has 0 fully saturated rings. The number of nitrogens with one attached hydrogen (secondary N) is 1. The Kier molecular flexibility index (Phi) is 6.80. The van der Waals surface area contributed by atoms with Crippen molar-refractivity contribution in [2.75, 3.05) is 13.2 Å². The molecule has 3 rings (SSSR count). The van der Waals surface area contributed by atoms with Gasteiger partial charge in [-0.1, -0.05) is 17.3 Å². The summed E-state index contributed by atoms with van der Waals surface area (Å²) in [6.45, 7) is 5.24. The third-order valence-corrected chi connectivity index (χ3v) is 5.75. The van der Waals surface area contributed by atoms with E-state index < -0.39 is 28.5 Å². The summed E-state index contributed by atoms with van der Waals surface area (Å²) >= 11 is 0. The Bertz CT molecular complexity index is 1240. The second kappa shape index (κ2) is 9.37. The number of aryl methyl sites for hydroxylation is 2. The number of nitrogens with zero attached hydrogens (tertiary/aromatic N) is 2. The summed E-state index contributed by atoms with van der Waals surface area (Å²) in [5.41, 5.74) is 2.57. The number of primary sulfonamides is 1. The molecular weight excluding hydrogens is 436 g/mol. The molecule has 2 heterocycles. The Hall–Kier alpha value is -3.44. The van der Waals surface area contributed by atoms with Gasteiger partial charge in [0.15, 0.2) is 12.4 Å². The number of esters is 1. The van der Waals surface area contributed by atoms with Crippen LogP contribution >= 0.6 is 0 Å². The zero-order chi connectivity index (χ0) is 23.5. The average Bonchev–Trinajstić information content (AvgIpc) is 3.28. The normalized spacial score (nSPS) is 11.4. The lowest BCUT2D eigenvalue weighted by atomic mass is 10.1. The largest absolute Gasteiger partial charge is 0.452 e. The van der Waals surface area contributed by atoms with Crippen LogP contribution in [0.1, 0.15) is 33.1 Å². The minimum atomic E-state index is -3.74. The molecule has 0 saturated carbocycles. The number of aromatic nitrogens is 2. The molecule has 10 nitrogen and oxygen atoms in total. The summed E-state index contributed by atoms with van der Waals surface area (Å²) in [5.74, 6) is 0.152. The first-order valence-electron chi connectivity index (χ1n) is 9.74. The fourth-order valence-corrected chi connectivity index (χ4v) is 3.75. The topological polar surface area (TPSA) is 147 Å². The van der Waals surface area contributed by atoms with Gasteiger partial charge < -0.3 is 14.6 Å². The highest BCUT2D eigenvalue weighted by Crippen LogP contribution is 2.21. The molecule has 3 aromatic rings. The van der Waals surface area contributed by atoms with Crippen LogP contribution in [0.2, 0.25) is 0 Å². The van der Waals surface area contributed by atoms with E-state index in [1.807, 2.05) is 6.92 Å². The van der Waals surface area contributed by atoms with E-state index in [-0.39, 0.29) is 4.90 Å². The number of nitrogens with two attached hydrogens (primary N) is 1. The van der Waals surface area contributed by atoms with Gasteiger partial charge in [0, 0.05) is 24.0 Å². The van der Waals surface area contributed by atoms with Crippen LogP contribution in [-0.2, 0) is 26.0 Å². The van der Waals surface area contributed by atoms with Crippen LogP contribution in [-0.4, -0.2) is 43.2 Å². The Morgan fingerprint density at radius 1 is 1.16 bits per heavy atom. The number of hydrogen-bond acceptors (Lipinski definition) is 7. The Morgan fingerprint density at radius 2 is 1.84 bits per heavy atom. The lowest BCUT2D eigenvalue weighted by Crippen LogP contribution is -2.30. The maximum absolute atomic E-state index is 12.5. The summed E-state index contributed by atoms with van der Waals surface area (Å²) in [4.78, 5) is 24.5. The molecule has 0 bridgehead atoms. The molecule has 0 aliphatic heterocycles. The van der Waals surface area contributed by atoms with Gasteiger partial charge in [0.05, 0.1) is 10.5 Å². The van der Waals surface area contributed by atoms with Crippen LogP contribution < -0.4 is 10.5 Å². The van der Waals surface area contributed by atoms with Gasteiger partial charge in [0.2, 0.25) is 10.0 Å². The Morgan fingerprint density at radius 3 is 2.44 bits per heavy atom. The number of sulfonamides is 1. The third kappa shape index (κ3) is 5.42. The van der Waals surface area contributed by atoms with Crippen molar-refractivity contribution in [2.45, 2.75) is 32.1 Å². The van der Waals surface area contributed by atoms with Crippen molar-refractivity contribution < 1.29 is 27.3 Å². The van der Waals surface area contributed by atoms with Crippen molar-refractivity contribution in [1.29, 1.82) is 0 Å². The molecule has 1 amide bonds. The van der Waals surface area contributed by atoms with Crippen molar-refractivity contribution in [3.63, 3.8) is 0 Å². The van der Waals surface area contributed by atoms with Crippen LogP contribution in [0, 0.1) is 20.8 Å². The quantitative estimate of drug-likeness (QED) is 0.485. The van der Waals surface area contributed by atoms with E-state index in [0.717, 1.165) is 11.3 Å². The fourth-order valence-electron chi connectivity index (χ4n) is 3.23. The smallest absolute Gasteiger partial charge is 0.340 e. The molecule has 0 aliphatic carbocycles. The summed E-state index contributed by atoms with van der Waals surface area (Å²) < 4.78 is 34.5. The molecule has 0 aliphatic rings. The summed E-state index contributed by atoms with van der Waals surface area (Å²) in [5, 5.41) is 11.7. The van der Waals surface area contributed by atoms with Crippen LogP contribution in [0.3, 0.4) is 0 Å². The van der Waals surface area contributed by atoms with Crippen LogP contribution in [0.5, 0.6) is 0 Å². The van der Waals surface area contributed by atoms with Crippen molar-refractivity contribution in [3.8, 4) is 5.82 Å². The standard InChI is InChI=1S/C21H24N4O6S/c1-13-10-18(15(3)25(13)19-11-14(2)31-24-19)21(27)30-12-20(26)23-9-8-16-4-6-17(7-5-16)32(22,28)29/h4-7,10-11H,8-9,12H2,1-3H3,(H,23,26)(H2,22,28,29). The summed E-state index contributed by atoms with van der Waals surface area (Å²) in [6.07, 6.45) is 0.475. The third-order valence-electron chi connectivity index (χ3n) is 4.82. The predicted octanol–water partition coefficient (Wildman–Crippen LogP) is 1.55. The van der Waals surface area contributed by atoms with Crippen molar-refractivity contribution in [1.82, 2.24) is 15.0 Å². The number of carbonyl (C=O) groups is 2. The number of benzene rings is 1. The number of rotatable bonds is 8. The Labute approximate surface area is 185 Å². The molecule has 1 aromatic carbocycles. The minimum absolute atomic E-state index is 0.0234. The first-order valence-corrected chi connectivity index (χ1v) is 11.3. The number of carbonyl (C=O) groups excluding carboxylic acids is 2. The molecule has 0 radical (unpaired) electrons. The van der Waals surface area contributed by atoms with E-state index in [2.05, 4.69) is 10.5 Å². The Balaban J connectivity index is 1.50. The van der Waals surface area contributed by atoms with E-state index in [0.29, 0.717) is 35.8 Å². The molecule has 0 saturated heterocycles. The minimum Gasteiger partial charge on any atom is -0.452 e. The van der Waals surface area contributed by atoms with Gasteiger partial charge in [0.1, 0.15) is 5.76 Å². The van der Waals surface area contributed by atoms with Gasteiger partial charge in [-0.3, -0.25) is 9.36 Å². The molecule has 0 unspecified atom stereocenters. The second-order valence-electron chi connectivity index (χ2n) is 7.28. The van der Waals surface area contributed by atoms with Crippen LogP contribution in [0.4, 0.5) is 0 Å². The molecule has 2 aromatic heterocycles. The first kappa shape index (κ1) is 23.2. The highest BCUT2D eigenvalue weighted by Gasteiger charge is 2.20. The fraction of sp³-hybridized carbons (Fsp3) is 0.286. The van der Waals surface area contributed by atoms with Crippen molar-refractivity contribution in [3.05, 3.63) is 64.7 Å². The van der Waals surface area contributed by atoms with Crippen molar-refractivity contribution >= 4 is 21.9 Å². The predicted molar refractivity (Wildman–Crippen MR) is 115 cm³/mol. The second-order valence-corrected chi connectivity index (χ2v) is 8.84. The van der Waals surface area contributed by atoms with Gasteiger partial charge in [0.25, 0.3) is 5.91 Å². The van der Waals surface area contributed by atoms with E-state index >= 15 is 0 Å². The molecular formula is C21H24N4O6S. The highest BCUT2D eigenvalue weighted by atomic mass is 32.2. The molecule has 0 atom stereocenters. The molecule has 11 heteroatoms. The first-order chi connectivity index (χ1) is 15.1. The monoisotopic (exact) mass is 460 g/mol. The zero-order valence-electron chi connectivity index (χ0n) is 17.9. The lowest BCUT2D eigenvalue weighted by molar-refractivity contribution is -0.124. The lowest BCUT2D eigenvalue weighted by Gasteiger charge is -2.08. The number of amides is 1. The molecule has 0 spiro atoms. The van der Waals surface area contributed by atoms with E-state index in [4.69, 9.17) is 14.4 Å². The molecule has 32 heavy (non-hydrogen) atoms. The van der Waals surface area contributed by atoms with Gasteiger partial charge in [-0.2, -0.15) is 0 Å². The van der Waals surface area contributed by atoms with Crippen LogP contribution in [0.25, 0.3) is 5.82 Å². The summed E-state index contributed by atoms with van der Waals surface area (Å²) in [7, 11) is -3.74. The zero-order valence-corrected chi connectivity index (χ0v) is 18.7. The van der Waals surface area contributed by atoms with Gasteiger partial charge >= 0.3 is 5.97 Å². The molecule has 3 N–H and O–H groups in total. The van der Waals surface area contributed by atoms with E-state index in [9.17, 15) is 18.0 Å². The average molecular weight is 461 g/mol. The maximum atomic E-state index is 12.5. The van der Waals surface area contributed by atoms with Crippen LogP contribution in [0.15, 0.2) is 45.8 Å². The number of ether oxygens (including phenoxy) is 1. The van der Waals surface area contributed by atoms with E-state index in [1.165, 1.54) is 12.1 Å². The van der Waals surface area contributed by atoms with Gasteiger partial charge in [-0.25, -0.2) is 18.4 Å².